The van der Waals surface area contributed by atoms with Gasteiger partial charge in [0.05, 0.1) is 0 Å². The third-order valence-electron chi connectivity index (χ3n) is 0.428. The first kappa shape index (κ1) is 17.8. The first-order chi connectivity index (χ1) is 6.08. The van der Waals surface area contributed by atoms with Gasteiger partial charge in [0.15, 0.2) is 5.88 Å². The Hall–Kier alpha value is -1.19. The second-order valence-electron chi connectivity index (χ2n) is 1.81. The predicted molar refractivity (Wildman–Crippen MR) is 56.2 cm³/mol. The Morgan fingerprint density at radius 3 is 1.85 bits per heavy atom. The van der Waals surface area contributed by atoms with Crippen LogP contribution >= 0.6 is 0 Å². The second kappa shape index (κ2) is 17.1. The van der Waals surface area contributed by atoms with E-state index in [-0.39, 0.29) is 5.88 Å². The maximum Gasteiger partial charge on any atom is 0.413 e. The van der Waals surface area contributed by atoms with Gasteiger partial charge in [-0.1, -0.05) is 34.1 Å². The molecule has 0 bridgehead atoms. The molecule has 3 N–H and O–H groups in total. The minimum Gasteiger partial charge on any atom is -0.395 e. The molecule has 0 atom stereocenters. The molecule has 0 rings (SSSR count). The van der Waals surface area contributed by atoms with Crippen molar-refractivity contribution in [1.82, 2.24) is 5.32 Å². The number of amides is 1. The highest BCUT2D eigenvalue weighted by Crippen LogP contribution is 1.80. The molecule has 0 aromatic heterocycles. The fourth-order valence-corrected chi connectivity index (χ4v) is 0.170. The van der Waals surface area contributed by atoms with Crippen LogP contribution in [0.25, 0.3) is 0 Å². The summed E-state index contributed by atoms with van der Waals surface area (Å²) in [6, 6.07) is 0. The quantitative estimate of drug-likeness (QED) is 0.623. The minimum absolute atomic E-state index is 0.107. The zero-order chi connectivity index (χ0) is 11.3. The van der Waals surface area contributed by atoms with E-state index in [1.165, 1.54) is 13.5 Å². The van der Waals surface area contributed by atoms with Crippen molar-refractivity contribution in [3.8, 4) is 0 Å². The molecular formula is C9H22N2O2. The Kier molecular flexibility index (Phi) is 23.3. The molecule has 0 saturated carbocycles. The van der Waals surface area contributed by atoms with E-state index in [0.717, 1.165) is 0 Å². The molecule has 4 heteroatoms. The number of rotatable bonds is 1. The highest BCUT2D eigenvalue weighted by molar-refractivity contribution is 5.67. The molecule has 0 fully saturated rings. The molecule has 0 aliphatic carbocycles. The number of ether oxygens (including phenoxy) is 1. The normalized spacial score (nSPS) is 6.54. The lowest BCUT2D eigenvalue weighted by molar-refractivity contribution is 0.178. The topological polar surface area (TPSA) is 64.3 Å². The number of nitrogens with two attached hydrogens (primary N) is 1. The molecule has 0 aromatic rings. The van der Waals surface area contributed by atoms with Crippen molar-refractivity contribution in [1.29, 1.82) is 0 Å². The fourth-order valence-electron chi connectivity index (χ4n) is 0.170. The molecule has 0 aromatic carbocycles. The van der Waals surface area contributed by atoms with Gasteiger partial charge in [-0.2, -0.15) is 0 Å². The van der Waals surface area contributed by atoms with Gasteiger partial charge in [-0.25, -0.2) is 4.79 Å². The maximum absolute atomic E-state index is 10.1. The van der Waals surface area contributed by atoms with Crippen molar-refractivity contribution < 1.29 is 9.53 Å². The average molecular weight is 190 g/mol. The molecule has 1 amide bonds. The lowest BCUT2D eigenvalue weighted by Crippen LogP contribution is -2.20. The van der Waals surface area contributed by atoms with Gasteiger partial charge in [0.25, 0.3) is 0 Å². The van der Waals surface area contributed by atoms with Crippen molar-refractivity contribution >= 4 is 6.09 Å². The smallest absolute Gasteiger partial charge is 0.395 e. The average Bonchev–Trinajstić information content (AvgIpc) is 2.08. The van der Waals surface area contributed by atoms with Crippen molar-refractivity contribution in [2.24, 2.45) is 5.73 Å². The third kappa shape index (κ3) is 36.3. The standard InChI is InChI=1S/C4H8N2O2.C3H8.C2H6/c1-3(5)8-4(7)6-2;1-3-2;1-2/h1,5H2,2H3,(H,6,7);3H2,1-2H3;1-2H3. The van der Waals surface area contributed by atoms with Crippen molar-refractivity contribution in [2.45, 2.75) is 34.1 Å². The Labute approximate surface area is 81.1 Å². The fraction of sp³-hybridized carbons (Fsp3) is 0.667. The molecule has 0 radical (unpaired) electrons. The largest absolute Gasteiger partial charge is 0.413 e. The van der Waals surface area contributed by atoms with Gasteiger partial charge >= 0.3 is 6.09 Å². The van der Waals surface area contributed by atoms with Crippen molar-refractivity contribution in [3.63, 3.8) is 0 Å². The van der Waals surface area contributed by atoms with E-state index in [2.05, 4.69) is 30.5 Å². The summed E-state index contributed by atoms with van der Waals surface area (Å²) in [5.74, 6) is -0.107. The molecular weight excluding hydrogens is 168 g/mol. The van der Waals surface area contributed by atoms with Crippen LogP contribution < -0.4 is 11.1 Å². The van der Waals surface area contributed by atoms with Crippen molar-refractivity contribution in [2.75, 3.05) is 7.05 Å². The van der Waals surface area contributed by atoms with Crippen LogP contribution in [0.1, 0.15) is 34.1 Å². The van der Waals surface area contributed by atoms with Crippen molar-refractivity contribution in [3.05, 3.63) is 12.5 Å². The minimum atomic E-state index is -0.600. The van der Waals surface area contributed by atoms with Crippen LogP contribution in [0.4, 0.5) is 4.79 Å². The number of alkyl carbamates (subject to hydrolysis) is 1. The van der Waals surface area contributed by atoms with E-state index in [0.29, 0.717) is 0 Å². The summed E-state index contributed by atoms with van der Waals surface area (Å²) in [5, 5.41) is 2.19. The first-order valence-electron chi connectivity index (χ1n) is 4.42. The molecule has 0 saturated heterocycles. The van der Waals surface area contributed by atoms with Crippen LogP contribution in [0.3, 0.4) is 0 Å². The first-order valence-corrected chi connectivity index (χ1v) is 4.42. The highest BCUT2D eigenvalue weighted by atomic mass is 16.6. The van der Waals surface area contributed by atoms with E-state index in [1.807, 2.05) is 13.8 Å². The zero-order valence-corrected chi connectivity index (χ0v) is 9.31. The van der Waals surface area contributed by atoms with Crippen LogP contribution in [0, 0.1) is 0 Å². The molecule has 0 heterocycles. The SMILES string of the molecule is C=C(N)OC(=O)NC.CC.CCC. The molecule has 80 valence electrons. The molecule has 0 aliphatic heterocycles. The Bertz CT molecular complexity index is 125. The summed E-state index contributed by atoms with van der Waals surface area (Å²) >= 11 is 0. The van der Waals surface area contributed by atoms with Gasteiger partial charge in [-0.15, -0.1) is 0 Å². The van der Waals surface area contributed by atoms with E-state index >= 15 is 0 Å². The highest BCUT2D eigenvalue weighted by Gasteiger charge is 1.94. The summed E-state index contributed by atoms with van der Waals surface area (Å²) in [5.41, 5.74) is 4.89. The van der Waals surface area contributed by atoms with Gasteiger partial charge < -0.3 is 15.8 Å². The molecule has 13 heavy (non-hydrogen) atoms. The molecule has 0 spiro atoms. The van der Waals surface area contributed by atoms with E-state index in [9.17, 15) is 4.79 Å². The van der Waals surface area contributed by atoms with Crippen LogP contribution in [-0.4, -0.2) is 13.1 Å². The molecule has 0 unspecified atom stereocenters. The van der Waals surface area contributed by atoms with Gasteiger partial charge in [0.2, 0.25) is 0 Å². The summed E-state index contributed by atoms with van der Waals surface area (Å²) < 4.78 is 4.23. The predicted octanol–water partition coefficient (Wildman–Crippen LogP) is 2.21. The summed E-state index contributed by atoms with van der Waals surface area (Å²) in [6.07, 6.45) is 0.650. The Balaban J connectivity index is -0.000000169. The van der Waals surface area contributed by atoms with Gasteiger partial charge in [-0.3, -0.25) is 0 Å². The lowest BCUT2D eigenvalue weighted by Gasteiger charge is -1.98. The summed E-state index contributed by atoms with van der Waals surface area (Å²) in [4.78, 5) is 10.1. The number of hydrogen-bond acceptors (Lipinski definition) is 3. The second-order valence-corrected chi connectivity index (χ2v) is 1.81. The van der Waals surface area contributed by atoms with Gasteiger partial charge in [-0.05, 0) is 6.58 Å². The zero-order valence-electron chi connectivity index (χ0n) is 9.31. The lowest BCUT2D eigenvalue weighted by atomic mass is 10.6. The Morgan fingerprint density at radius 1 is 1.46 bits per heavy atom. The number of carbonyl (C=O) groups is 1. The van der Waals surface area contributed by atoms with Crippen LogP contribution in [0.15, 0.2) is 12.5 Å². The Morgan fingerprint density at radius 2 is 1.77 bits per heavy atom. The maximum atomic E-state index is 10.1. The third-order valence-corrected chi connectivity index (χ3v) is 0.428. The number of carbonyl (C=O) groups excluding carboxylic acids is 1. The van der Waals surface area contributed by atoms with Crippen LogP contribution in [0.2, 0.25) is 0 Å². The summed E-state index contributed by atoms with van der Waals surface area (Å²) in [6.45, 7) is 11.4. The van der Waals surface area contributed by atoms with E-state index in [1.54, 1.807) is 0 Å². The van der Waals surface area contributed by atoms with Crippen LogP contribution in [-0.2, 0) is 4.74 Å². The summed E-state index contributed by atoms with van der Waals surface area (Å²) in [7, 11) is 1.44. The van der Waals surface area contributed by atoms with Gasteiger partial charge in [0.1, 0.15) is 0 Å². The monoisotopic (exact) mass is 190 g/mol. The molecule has 0 aliphatic rings. The van der Waals surface area contributed by atoms with Crippen LogP contribution in [0.5, 0.6) is 0 Å². The number of hydrogen-bond donors (Lipinski definition) is 2. The van der Waals surface area contributed by atoms with Gasteiger partial charge in [0, 0.05) is 7.05 Å². The van der Waals surface area contributed by atoms with E-state index in [4.69, 9.17) is 5.73 Å². The van der Waals surface area contributed by atoms with E-state index < -0.39 is 6.09 Å². The number of nitrogens with one attached hydrogen (secondary N) is 1. The molecule has 4 nitrogen and oxygen atoms in total.